The molecule has 2 rings (SSSR count). The standard InChI is InChI=1S/C17H18O3/c1-19-15-10-6-9-14(12-15)16(17(18)20-2)11-13-7-4-3-5-8-13/h3-10,12,16H,11H2,1-2H3. The highest BCUT2D eigenvalue weighted by Gasteiger charge is 2.22. The summed E-state index contributed by atoms with van der Waals surface area (Å²) in [6.45, 7) is 0. The average Bonchev–Trinajstić information content (AvgIpc) is 2.53. The predicted molar refractivity (Wildman–Crippen MR) is 77.9 cm³/mol. The number of esters is 1. The van der Waals surface area contributed by atoms with Crippen LogP contribution in [0.2, 0.25) is 0 Å². The lowest BCUT2D eigenvalue weighted by atomic mass is 9.92. The lowest BCUT2D eigenvalue weighted by Gasteiger charge is -2.16. The van der Waals surface area contributed by atoms with Gasteiger partial charge in [-0.15, -0.1) is 0 Å². The molecule has 0 saturated heterocycles. The van der Waals surface area contributed by atoms with E-state index in [0.717, 1.165) is 16.9 Å². The zero-order valence-corrected chi connectivity index (χ0v) is 11.7. The smallest absolute Gasteiger partial charge is 0.313 e. The first-order chi connectivity index (χ1) is 9.74. The third-order valence-corrected chi connectivity index (χ3v) is 3.26. The summed E-state index contributed by atoms with van der Waals surface area (Å²) in [6, 6.07) is 17.5. The largest absolute Gasteiger partial charge is 0.497 e. The third kappa shape index (κ3) is 3.38. The van der Waals surface area contributed by atoms with Crippen LogP contribution < -0.4 is 4.74 Å². The summed E-state index contributed by atoms with van der Waals surface area (Å²) >= 11 is 0. The van der Waals surface area contributed by atoms with Gasteiger partial charge < -0.3 is 9.47 Å². The fourth-order valence-electron chi connectivity index (χ4n) is 2.19. The Kier molecular flexibility index (Phi) is 4.77. The summed E-state index contributed by atoms with van der Waals surface area (Å²) < 4.78 is 10.1. The normalized spacial score (nSPS) is 11.7. The zero-order chi connectivity index (χ0) is 14.4. The summed E-state index contributed by atoms with van der Waals surface area (Å²) in [4.78, 5) is 12.1. The number of methoxy groups -OCH3 is 2. The van der Waals surface area contributed by atoms with Crippen molar-refractivity contribution in [2.75, 3.05) is 14.2 Å². The maximum Gasteiger partial charge on any atom is 0.313 e. The molecule has 0 fully saturated rings. The maximum absolute atomic E-state index is 12.1. The van der Waals surface area contributed by atoms with Crippen LogP contribution in [0.15, 0.2) is 54.6 Å². The van der Waals surface area contributed by atoms with Crippen LogP contribution in [0.25, 0.3) is 0 Å². The quantitative estimate of drug-likeness (QED) is 0.783. The van der Waals surface area contributed by atoms with E-state index in [1.165, 1.54) is 7.11 Å². The van der Waals surface area contributed by atoms with E-state index >= 15 is 0 Å². The van der Waals surface area contributed by atoms with Crippen LogP contribution in [0.4, 0.5) is 0 Å². The van der Waals surface area contributed by atoms with Gasteiger partial charge in [-0.1, -0.05) is 42.5 Å². The lowest BCUT2D eigenvalue weighted by molar-refractivity contribution is -0.142. The molecule has 3 nitrogen and oxygen atoms in total. The van der Waals surface area contributed by atoms with E-state index in [1.54, 1.807) is 7.11 Å². The topological polar surface area (TPSA) is 35.5 Å². The Balaban J connectivity index is 2.29. The minimum Gasteiger partial charge on any atom is -0.497 e. The zero-order valence-electron chi connectivity index (χ0n) is 11.7. The molecular formula is C17H18O3. The second-order valence-corrected chi connectivity index (χ2v) is 4.54. The van der Waals surface area contributed by atoms with Crippen molar-refractivity contribution < 1.29 is 14.3 Å². The molecular weight excluding hydrogens is 252 g/mol. The molecule has 0 spiro atoms. The fraction of sp³-hybridized carbons (Fsp3) is 0.235. The molecule has 0 radical (unpaired) electrons. The molecule has 3 heteroatoms. The SMILES string of the molecule is COC(=O)C(Cc1ccccc1)c1cccc(OC)c1. The Hall–Kier alpha value is -2.29. The van der Waals surface area contributed by atoms with Gasteiger partial charge in [0, 0.05) is 0 Å². The molecule has 0 saturated carbocycles. The minimum atomic E-state index is -0.322. The average molecular weight is 270 g/mol. The summed E-state index contributed by atoms with van der Waals surface area (Å²) in [6.07, 6.45) is 0.612. The summed E-state index contributed by atoms with van der Waals surface area (Å²) in [7, 11) is 3.03. The van der Waals surface area contributed by atoms with E-state index in [-0.39, 0.29) is 11.9 Å². The van der Waals surface area contributed by atoms with Crippen LogP contribution in [0.5, 0.6) is 5.75 Å². The lowest BCUT2D eigenvalue weighted by Crippen LogP contribution is -2.17. The van der Waals surface area contributed by atoms with Gasteiger partial charge in [0.25, 0.3) is 0 Å². The van der Waals surface area contributed by atoms with Crippen molar-refractivity contribution in [1.29, 1.82) is 0 Å². The van der Waals surface area contributed by atoms with Crippen molar-refractivity contribution in [1.82, 2.24) is 0 Å². The molecule has 0 aliphatic heterocycles. The molecule has 0 aliphatic carbocycles. The number of benzene rings is 2. The Morgan fingerprint density at radius 3 is 2.45 bits per heavy atom. The molecule has 0 bridgehead atoms. The Morgan fingerprint density at radius 1 is 1.05 bits per heavy atom. The van der Waals surface area contributed by atoms with Crippen LogP contribution in [0.1, 0.15) is 17.0 Å². The number of ether oxygens (including phenoxy) is 2. The van der Waals surface area contributed by atoms with E-state index < -0.39 is 0 Å². The molecule has 1 atom stereocenters. The fourth-order valence-corrected chi connectivity index (χ4v) is 2.19. The van der Waals surface area contributed by atoms with Gasteiger partial charge in [0.2, 0.25) is 0 Å². The number of rotatable bonds is 5. The van der Waals surface area contributed by atoms with E-state index in [2.05, 4.69) is 0 Å². The molecule has 0 aromatic heterocycles. The van der Waals surface area contributed by atoms with Crippen molar-refractivity contribution in [3.8, 4) is 5.75 Å². The second kappa shape index (κ2) is 6.75. The molecule has 104 valence electrons. The van der Waals surface area contributed by atoms with Crippen LogP contribution in [0, 0.1) is 0 Å². The molecule has 2 aromatic carbocycles. The molecule has 20 heavy (non-hydrogen) atoms. The summed E-state index contributed by atoms with van der Waals surface area (Å²) in [5, 5.41) is 0. The van der Waals surface area contributed by atoms with Crippen molar-refractivity contribution in [2.45, 2.75) is 12.3 Å². The summed E-state index contributed by atoms with van der Waals surface area (Å²) in [5.74, 6) is 0.184. The van der Waals surface area contributed by atoms with Gasteiger partial charge in [-0.25, -0.2) is 0 Å². The highest BCUT2D eigenvalue weighted by atomic mass is 16.5. The van der Waals surface area contributed by atoms with E-state index in [4.69, 9.17) is 9.47 Å². The highest BCUT2D eigenvalue weighted by molar-refractivity contribution is 5.78. The molecule has 0 heterocycles. The number of carbonyl (C=O) groups excluding carboxylic acids is 1. The molecule has 0 aliphatic rings. The second-order valence-electron chi connectivity index (χ2n) is 4.54. The Labute approximate surface area is 119 Å². The van der Waals surface area contributed by atoms with Crippen LogP contribution in [-0.4, -0.2) is 20.2 Å². The molecule has 1 unspecified atom stereocenters. The predicted octanol–water partition coefficient (Wildman–Crippen LogP) is 3.19. The first-order valence-corrected chi connectivity index (χ1v) is 6.50. The maximum atomic E-state index is 12.1. The first-order valence-electron chi connectivity index (χ1n) is 6.50. The van der Waals surface area contributed by atoms with Crippen molar-refractivity contribution >= 4 is 5.97 Å². The van der Waals surface area contributed by atoms with Gasteiger partial charge in [-0.2, -0.15) is 0 Å². The number of carbonyl (C=O) groups is 1. The van der Waals surface area contributed by atoms with Crippen LogP contribution in [-0.2, 0) is 16.0 Å². The van der Waals surface area contributed by atoms with E-state index in [0.29, 0.717) is 6.42 Å². The van der Waals surface area contributed by atoms with E-state index in [9.17, 15) is 4.79 Å². The Morgan fingerprint density at radius 2 is 1.80 bits per heavy atom. The summed E-state index contributed by atoms with van der Waals surface area (Å²) in [5.41, 5.74) is 2.01. The van der Waals surface area contributed by atoms with Crippen molar-refractivity contribution in [3.05, 3.63) is 65.7 Å². The van der Waals surface area contributed by atoms with E-state index in [1.807, 2.05) is 54.6 Å². The highest BCUT2D eigenvalue weighted by Crippen LogP contribution is 2.25. The van der Waals surface area contributed by atoms with Crippen LogP contribution >= 0.6 is 0 Å². The third-order valence-electron chi connectivity index (χ3n) is 3.26. The van der Waals surface area contributed by atoms with Gasteiger partial charge in [-0.05, 0) is 29.7 Å². The van der Waals surface area contributed by atoms with Gasteiger partial charge in [-0.3, -0.25) is 4.79 Å². The van der Waals surface area contributed by atoms with Crippen molar-refractivity contribution in [2.24, 2.45) is 0 Å². The van der Waals surface area contributed by atoms with Crippen molar-refractivity contribution in [3.63, 3.8) is 0 Å². The monoisotopic (exact) mass is 270 g/mol. The molecule has 0 N–H and O–H groups in total. The molecule has 0 amide bonds. The molecule has 2 aromatic rings. The first kappa shape index (κ1) is 14.1. The minimum absolute atomic E-state index is 0.234. The van der Waals surface area contributed by atoms with Gasteiger partial charge in [0.1, 0.15) is 5.75 Å². The number of hydrogen-bond acceptors (Lipinski definition) is 3. The van der Waals surface area contributed by atoms with Crippen LogP contribution in [0.3, 0.4) is 0 Å². The number of hydrogen-bond donors (Lipinski definition) is 0. The Bertz CT molecular complexity index is 563. The van der Waals surface area contributed by atoms with Gasteiger partial charge in [0.05, 0.1) is 20.1 Å². The van der Waals surface area contributed by atoms with Gasteiger partial charge in [0.15, 0.2) is 0 Å². The van der Waals surface area contributed by atoms with Gasteiger partial charge >= 0.3 is 5.97 Å².